The van der Waals surface area contributed by atoms with Crippen LogP contribution in [0.4, 0.5) is 0 Å². The lowest BCUT2D eigenvalue weighted by molar-refractivity contribution is 0.976. The molecule has 0 saturated carbocycles. The van der Waals surface area contributed by atoms with Crippen molar-refractivity contribution in [2.24, 2.45) is 0 Å². The van der Waals surface area contributed by atoms with Crippen LogP contribution in [0.3, 0.4) is 0 Å². The van der Waals surface area contributed by atoms with Crippen molar-refractivity contribution in [2.45, 2.75) is 12.8 Å². The molecule has 2 nitrogen and oxygen atoms in total. The summed E-state index contributed by atoms with van der Waals surface area (Å²) in [5.74, 6) is 1.14. The highest BCUT2D eigenvalue weighted by atomic mass is 79.9. The fourth-order valence-electron chi connectivity index (χ4n) is 2.25. The van der Waals surface area contributed by atoms with Gasteiger partial charge >= 0.3 is 0 Å². The summed E-state index contributed by atoms with van der Waals surface area (Å²) in [5.41, 5.74) is 4.04. The van der Waals surface area contributed by atoms with Gasteiger partial charge in [-0.25, -0.2) is 4.98 Å². The molecule has 0 saturated heterocycles. The van der Waals surface area contributed by atoms with Crippen LogP contribution in [0.25, 0.3) is 16.7 Å². The van der Waals surface area contributed by atoms with Gasteiger partial charge in [0, 0.05) is 9.50 Å². The molecular formula is C15H11BrCl2N2. The van der Waals surface area contributed by atoms with Gasteiger partial charge in [-0.1, -0.05) is 17.7 Å². The molecule has 0 atom stereocenters. The highest BCUT2D eigenvalue weighted by Gasteiger charge is 2.14. The van der Waals surface area contributed by atoms with Gasteiger partial charge in [0.05, 0.1) is 22.6 Å². The third-order valence-electron chi connectivity index (χ3n) is 3.15. The van der Waals surface area contributed by atoms with Crippen molar-refractivity contribution >= 4 is 50.2 Å². The number of benzene rings is 2. The summed E-state index contributed by atoms with van der Waals surface area (Å²) in [4.78, 5) is 4.56. The number of fused-ring (bicyclic) bond motifs is 1. The Bertz CT molecular complexity index is 796. The maximum absolute atomic E-state index is 6.11. The molecule has 0 bridgehead atoms. The standard InChI is InChI=1S/C15H11BrCl2N2/c1-9-2-5-13(11(16)6-9)20-14-7-10(18)3-4-12(14)19-15(20)8-17/h2-7H,8H2,1H3. The number of hydrogen-bond donors (Lipinski definition) is 0. The lowest BCUT2D eigenvalue weighted by Gasteiger charge is -2.11. The molecule has 0 aliphatic carbocycles. The Labute approximate surface area is 135 Å². The highest BCUT2D eigenvalue weighted by molar-refractivity contribution is 9.10. The molecule has 20 heavy (non-hydrogen) atoms. The molecule has 1 heterocycles. The van der Waals surface area contributed by atoms with E-state index in [1.165, 1.54) is 5.56 Å². The molecule has 102 valence electrons. The number of nitrogens with zero attached hydrogens (tertiary/aromatic N) is 2. The maximum Gasteiger partial charge on any atom is 0.129 e. The van der Waals surface area contributed by atoms with Gasteiger partial charge < -0.3 is 0 Å². The van der Waals surface area contributed by atoms with E-state index in [9.17, 15) is 0 Å². The first-order chi connectivity index (χ1) is 9.60. The molecule has 5 heteroatoms. The summed E-state index contributed by atoms with van der Waals surface area (Å²) in [5, 5.41) is 0.683. The zero-order chi connectivity index (χ0) is 14.3. The van der Waals surface area contributed by atoms with Crippen molar-refractivity contribution in [3.05, 3.63) is 57.3 Å². The second-order valence-corrected chi connectivity index (χ2v) is 6.14. The average molecular weight is 370 g/mol. The first kappa shape index (κ1) is 13.9. The average Bonchev–Trinajstić information content (AvgIpc) is 2.76. The Morgan fingerprint density at radius 3 is 2.70 bits per heavy atom. The van der Waals surface area contributed by atoms with Gasteiger partial charge in [-0.05, 0) is 58.7 Å². The second-order valence-electron chi connectivity index (χ2n) is 4.58. The first-order valence-electron chi connectivity index (χ1n) is 6.09. The van der Waals surface area contributed by atoms with Gasteiger partial charge in [-0.2, -0.15) is 0 Å². The summed E-state index contributed by atoms with van der Waals surface area (Å²) in [6.07, 6.45) is 0. The van der Waals surface area contributed by atoms with Crippen LogP contribution in [0.2, 0.25) is 5.02 Å². The zero-order valence-corrected chi connectivity index (χ0v) is 13.8. The minimum atomic E-state index is 0.340. The van der Waals surface area contributed by atoms with Gasteiger partial charge in [0.2, 0.25) is 0 Å². The summed E-state index contributed by atoms with van der Waals surface area (Å²) in [6, 6.07) is 11.8. The van der Waals surface area contributed by atoms with Crippen LogP contribution in [0.1, 0.15) is 11.4 Å². The predicted molar refractivity (Wildman–Crippen MR) is 88.1 cm³/mol. The maximum atomic E-state index is 6.11. The van der Waals surface area contributed by atoms with Gasteiger partial charge in [-0.3, -0.25) is 4.57 Å². The van der Waals surface area contributed by atoms with E-state index < -0.39 is 0 Å². The smallest absolute Gasteiger partial charge is 0.129 e. The van der Waals surface area contributed by atoms with Crippen LogP contribution in [0, 0.1) is 6.92 Å². The van der Waals surface area contributed by atoms with Crippen LogP contribution in [0.5, 0.6) is 0 Å². The largest absolute Gasteiger partial charge is 0.294 e. The van der Waals surface area contributed by atoms with Crippen molar-refractivity contribution in [1.82, 2.24) is 9.55 Å². The number of aryl methyl sites for hydroxylation is 1. The van der Waals surface area contributed by atoms with E-state index in [1.54, 1.807) is 0 Å². The lowest BCUT2D eigenvalue weighted by Crippen LogP contribution is -2.00. The number of aromatic nitrogens is 2. The summed E-state index contributed by atoms with van der Waals surface area (Å²) < 4.78 is 3.04. The monoisotopic (exact) mass is 368 g/mol. The van der Waals surface area contributed by atoms with Crippen molar-refractivity contribution in [2.75, 3.05) is 0 Å². The van der Waals surface area contributed by atoms with Gasteiger partial charge in [-0.15, -0.1) is 11.6 Å². The van der Waals surface area contributed by atoms with Crippen molar-refractivity contribution < 1.29 is 0 Å². The number of alkyl halides is 1. The summed E-state index contributed by atoms with van der Waals surface area (Å²) in [6.45, 7) is 2.06. The summed E-state index contributed by atoms with van der Waals surface area (Å²) >= 11 is 15.8. The Kier molecular flexibility index (Phi) is 3.76. The quantitative estimate of drug-likeness (QED) is 0.546. The fourth-order valence-corrected chi connectivity index (χ4v) is 3.27. The number of hydrogen-bond acceptors (Lipinski definition) is 1. The molecule has 0 aliphatic heterocycles. The molecule has 0 radical (unpaired) electrons. The van der Waals surface area contributed by atoms with Crippen LogP contribution in [-0.4, -0.2) is 9.55 Å². The number of imidazole rings is 1. The highest BCUT2D eigenvalue weighted by Crippen LogP contribution is 2.30. The van der Waals surface area contributed by atoms with Gasteiger partial charge in [0.15, 0.2) is 0 Å². The van der Waals surface area contributed by atoms with E-state index in [-0.39, 0.29) is 0 Å². The molecule has 0 amide bonds. The van der Waals surface area contributed by atoms with Gasteiger partial charge in [0.1, 0.15) is 5.82 Å². The van der Waals surface area contributed by atoms with Crippen molar-refractivity contribution in [3.8, 4) is 5.69 Å². The number of halogens is 3. The van der Waals surface area contributed by atoms with Crippen LogP contribution >= 0.6 is 39.1 Å². The van der Waals surface area contributed by atoms with Crippen molar-refractivity contribution in [3.63, 3.8) is 0 Å². The molecule has 3 rings (SSSR count). The molecule has 0 N–H and O–H groups in total. The SMILES string of the molecule is Cc1ccc(-n2c(CCl)nc3ccc(Cl)cc32)c(Br)c1. The Hall–Kier alpha value is -1.03. The molecule has 0 unspecified atom stereocenters. The molecule has 0 spiro atoms. The van der Waals surface area contributed by atoms with Crippen LogP contribution in [-0.2, 0) is 5.88 Å². The van der Waals surface area contributed by atoms with E-state index in [1.807, 2.05) is 22.8 Å². The third kappa shape index (κ3) is 2.34. The number of rotatable bonds is 2. The zero-order valence-electron chi connectivity index (χ0n) is 10.7. The molecular weight excluding hydrogens is 359 g/mol. The summed E-state index contributed by atoms with van der Waals surface area (Å²) in [7, 11) is 0. The predicted octanol–water partition coefficient (Wildman–Crippen LogP) is 5.49. The Morgan fingerprint density at radius 1 is 1.20 bits per heavy atom. The minimum Gasteiger partial charge on any atom is -0.294 e. The molecule has 0 aliphatic rings. The molecule has 2 aromatic carbocycles. The first-order valence-corrected chi connectivity index (χ1v) is 7.80. The van der Waals surface area contributed by atoms with Crippen LogP contribution in [0.15, 0.2) is 40.9 Å². The van der Waals surface area contributed by atoms with E-state index in [0.29, 0.717) is 10.9 Å². The third-order valence-corrected chi connectivity index (χ3v) is 4.26. The lowest BCUT2D eigenvalue weighted by atomic mass is 10.2. The van der Waals surface area contributed by atoms with Crippen LogP contribution < -0.4 is 0 Å². The van der Waals surface area contributed by atoms with Gasteiger partial charge in [0.25, 0.3) is 0 Å². The molecule has 1 aromatic heterocycles. The topological polar surface area (TPSA) is 17.8 Å². The van der Waals surface area contributed by atoms with E-state index in [0.717, 1.165) is 27.0 Å². The second kappa shape index (κ2) is 5.40. The van der Waals surface area contributed by atoms with Crippen molar-refractivity contribution in [1.29, 1.82) is 0 Å². The molecule has 0 fully saturated rings. The van der Waals surface area contributed by atoms with E-state index >= 15 is 0 Å². The Morgan fingerprint density at radius 2 is 2.00 bits per heavy atom. The minimum absolute atomic E-state index is 0.340. The normalized spacial score (nSPS) is 11.2. The Balaban J connectivity index is 2.36. The fraction of sp³-hybridized carbons (Fsp3) is 0.133. The molecule has 3 aromatic rings. The van der Waals surface area contributed by atoms with E-state index in [2.05, 4.69) is 46.0 Å². The van der Waals surface area contributed by atoms with E-state index in [4.69, 9.17) is 23.2 Å².